The summed E-state index contributed by atoms with van der Waals surface area (Å²) in [6.07, 6.45) is -76.3. The number of aliphatic hydroxyl groups is 13. The van der Waals surface area contributed by atoms with Gasteiger partial charge in [-0.05, 0) is 6.04 Å². The van der Waals surface area contributed by atoms with Gasteiger partial charge in [-0.25, -0.2) is 0 Å². The van der Waals surface area contributed by atoms with Crippen LogP contribution in [0.1, 0.15) is 23.3 Å². The minimum absolute atomic E-state index is 0.278. The SMILES string of the molecule is [2H]C([2H])(O)[C@H]1O[C@H](O[C@@H]2[C@@H](C([2H])([2H])O)OC(OCC[Si](C)(C)C)[C@]([2H])(O)[C@@]2([2H])O)[C@]([2H])(O)[C@@]([2H])(O)[C@]1([2H])O[C@@H]1O[C@@H](CO[C@@H]2O[C@@H](C([2H])([2H])O)[C@]([2H])(O)[C@@]([2H])(O)[C@@]2([2H])O)[C@]([2H])(O)[C@@]([2H])(O)[C@@]1([2H])O. The summed E-state index contributed by atoms with van der Waals surface area (Å²) in [5.74, 6) is 0. The highest BCUT2D eigenvalue weighted by molar-refractivity contribution is 6.76. The summed E-state index contributed by atoms with van der Waals surface area (Å²) in [6.45, 7) is -8.74. The molecule has 0 saturated carbocycles. The third-order valence-electron chi connectivity index (χ3n) is 7.40. The second kappa shape index (κ2) is 18.3. The first-order valence-electron chi connectivity index (χ1n) is 23.3. The summed E-state index contributed by atoms with van der Waals surface area (Å²) in [5.41, 5.74) is 0. The maximum atomic E-state index is 11.5. The highest BCUT2D eigenvalue weighted by Gasteiger charge is 2.54. The first kappa shape index (κ1) is 24.8. The average Bonchev–Trinajstić information content (AvgIpc) is 3.10. The van der Waals surface area contributed by atoms with Gasteiger partial charge in [-0.15, -0.1) is 0 Å². The molecule has 1 unspecified atom stereocenters. The lowest BCUT2D eigenvalue weighted by atomic mass is 9.96. The van der Waals surface area contributed by atoms with Crippen LogP contribution < -0.4 is 0 Å². The zero-order valence-electron chi connectivity index (χ0n) is 43.9. The Bertz CT molecular complexity index is 1830. The van der Waals surface area contributed by atoms with E-state index in [1.807, 2.05) is 19.6 Å². The molecule has 20 atom stereocenters. The third kappa shape index (κ3) is 9.98. The standard InChI is InChI=1S/C29H54O21Si/c1-51(2,3)5-4-43-26-22(41)18(37)24(11(7-31)46-26)50-29-23(42)19(38)25(12(8-32)47-29)49-28-21(40)17(36)15(34)13(48-28)9-44-27-20(39)16(35)14(33)10(6-30)45-27/h10-42H,4-9H2,1-3H3/t10-,11+,12+,13-,14-,15-,16+,17+,18+,19+,20+,21+,22+,23+,24+,25+,26?,27+,28-,29+/m0/s1/i6D2,7D2,8D2,14D,15D,16D,17D,18D,19D,20D,21D,22D,23D,25D. The van der Waals surface area contributed by atoms with Crippen LogP contribution in [0.15, 0.2) is 0 Å². The summed E-state index contributed by atoms with van der Waals surface area (Å²) in [6, 6.07) is 0.278. The van der Waals surface area contributed by atoms with E-state index in [2.05, 4.69) is 0 Å². The minimum atomic E-state index is -4.82. The Kier molecular flexibility index (Phi) is 8.92. The van der Waals surface area contributed by atoms with Crippen LogP contribution in [0.3, 0.4) is 0 Å². The molecule has 4 rings (SSSR count). The molecule has 0 radical (unpaired) electrons. The van der Waals surface area contributed by atoms with Gasteiger partial charge in [0, 0.05) is 14.7 Å². The molecule has 4 fully saturated rings. The van der Waals surface area contributed by atoms with E-state index in [4.69, 9.17) is 61.2 Å². The summed E-state index contributed by atoms with van der Waals surface area (Å²) in [4.78, 5) is 0. The molecule has 0 aromatic rings. The molecule has 13 N–H and O–H groups in total. The second-order valence-electron chi connectivity index (χ2n) is 12.2. The van der Waals surface area contributed by atoms with E-state index in [9.17, 15) is 66.4 Å². The molecule has 300 valence electrons. The molecule has 0 bridgehead atoms. The molecule has 0 spiro atoms. The van der Waals surface area contributed by atoms with Crippen molar-refractivity contribution in [2.24, 2.45) is 0 Å². The number of hydrogen-bond donors (Lipinski definition) is 13. The zero-order chi connectivity index (χ0) is 53.5. The quantitative estimate of drug-likeness (QED) is 0.0728. The van der Waals surface area contributed by atoms with Gasteiger partial charge in [-0.2, -0.15) is 0 Å². The van der Waals surface area contributed by atoms with Crippen molar-refractivity contribution in [2.75, 3.05) is 32.9 Å². The van der Waals surface area contributed by atoms with Crippen LogP contribution in [0.25, 0.3) is 0 Å². The second-order valence-corrected chi connectivity index (χ2v) is 17.8. The highest BCUT2D eigenvalue weighted by Crippen LogP contribution is 2.33. The molecular weight excluding hydrogens is 712 g/mol. The number of ether oxygens (including phenoxy) is 8. The van der Waals surface area contributed by atoms with Crippen LogP contribution in [-0.4, -0.2) is 230 Å². The van der Waals surface area contributed by atoms with Crippen molar-refractivity contribution in [1.29, 1.82) is 0 Å². The Hall–Kier alpha value is -0.623. The van der Waals surface area contributed by atoms with Gasteiger partial charge in [-0.1, -0.05) is 19.6 Å². The number of hydrogen-bond acceptors (Lipinski definition) is 21. The molecule has 4 aliphatic rings. The Labute approximate surface area is 317 Å². The maximum Gasteiger partial charge on any atom is 0.187 e. The van der Waals surface area contributed by atoms with Gasteiger partial charge >= 0.3 is 0 Å². The van der Waals surface area contributed by atoms with Crippen LogP contribution in [0.4, 0.5) is 0 Å². The van der Waals surface area contributed by atoms with E-state index >= 15 is 0 Å². The predicted octanol–water partition coefficient (Wildman–Crippen LogP) is -7.39. The molecule has 0 amide bonds. The molecule has 0 aliphatic carbocycles. The summed E-state index contributed by atoms with van der Waals surface area (Å²) < 4.78 is 178. The maximum absolute atomic E-state index is 11.5. The zero-order valence-corrected chi connectivity index (χ0v) is 27.9. The molecule has 4 heterocycles. The summed E-state index contributed by atoms with van der Waals surface area (Å²) >= 11 is 0. The van der Waals surface area contributed by atoms with Crippen molar-refractivity contribution in [3.8, 4) is 0 Å². The van der Waals surface area contributed by atoms with Crippen molar-refractivity contribution in [3.63, 3.8) is 0 Å². The van der Waals surface area contributed by atoms with Gasteiger partial charge in [-0.3, -0.25) is 0 Å². The molecule has 51 heavy (non-hydrogen) atoms. The molecule has 0 aromatic carbocycles. The van der Waals surface area contributed by atoms with Crippen LogP contribution in [-0.2, 0) is 37.9 Å². The molecule has 4 aliphatic heterocycles. The van der Waals surface area contributed by atoms with Crippen molar-refractivity contribution in [2.45, 2.75) is 148 Å². The van der Waals surface area contributed by atoms with E-state index in [-0.39, 0.29) is 12.7 Å². The van der Waals surface area contributed by atoms with Crippen LogP contribution in [0.5, 0.6) is 0 Å². The summed E-state index contributed by atoms with van der Waals surface area (Å²) in [5, 5.41) is 140. The molecule has 21 nitrogen and oxygen atoms in total. The lowest BCUT2D eigenvalue weighted by molar-refractivity contribution is -0.381. The number of rotatable bonds is 14. The van der Waals surface area contributed by atoms with Gasteiger partial charge in [0.1, 0.15) is 97.4 Å². The Morgan fingerprint density at radius 3 is 1.55 bits per heavy atom. The van der Waals surface area contributed by atoms with Gasteiger partial charge < -0.3 is 104 Å². The van der Waals surface area contributed by atoms with Gasteiger partial charge in [0.05, 0.1) is 49.6 Å². The first-order chi connectivity index (χ1) is 29.7. The Morgan fingerprint density at radius 2 is 0.961 bits per heavy atom. The predicted molar refractivity (Wildman–Crippen MR) is 166 cm³/mol. The van der Waals surface area contributed by atoms with Crippen molar-refractivity contribution < 1.29 is 128 Å². The topological polar surface area (TPSA) is 337 Å². The van der Waals surface area contributed by atoms with Crippen molar-refractivity contribution in [1.82, 2.24) is 0 Å². The van der Waals surface area contributed by atoms with Gasteiger partial charge in [0.25, 0.3) is 0 Å². The van der Waals surface area contributed by atoms with E-state index in [1.165, 1.54) is 0 Å². The fourth-order valence-electron chi connectivity index (χ4n) is 4.55. The lowest BCUT2D eigenvalue weighted by Crippen LogP contribution is -2.66. The third-order valence-corrected chi connectivity index (χ3v) is 9.11. The summed E-state index contributed by atoms with van der Waals surface area (Å²) in [7, 11) is -1.96. The van der Waals surface area contributed by atoms with Crippen LogP contribution in [0.2, 0.25) is 25.7 Å². The largest absolute Gasteiger partial charge is 0.394 e. The highest BCUT2D eigenvalue weighted by atomic mass is 28.3. The Balaban J connectivity index is 1.76. The van der Waals surface area contributed by atoms with Crippen LogP contribution >= 0.6 is 0 Å². The minimum Gasteiger partial charge on any atom is -0.394 e. The molecule has 0 aromatic heterocycles. The van der Waals surface area contributed by atoms with E-state index < -0.39 is 157 Å². The molecular formula is C29H54O21Si. The monoisotopic (exact) mass is 783 g/mol. The molecule has 4 saturated heterocycles. The van der Waals surface area contributed by atoms with Gasteiger partial charge in [0.2, 0.25) is 0 Å². The van der Waals surface area contributed by atoms with E-state index in [0.29, 0.717) is 0 Å². The fourth-order valence-corrected chi connectivity index (χ4v) is 5.28. The fraction of sp³-hybridized carbons (Fsp3) is 1.00. The van der Waals surface area contributed by atoms with E-state index in [0.717, 1.165) is 0 Å². The first-order valence-corrected chi connectivity index (χ1v) is 18.5. The van der Waals surface area contributed by atoms with Crippen LogP contribution in [0, 0.1) is 0 Å². The van der Waals surface area contributed by atoms with E-state index in [1.54, 1.807) is 0 Å². The smallest absolute Gasteiger partial charge is 0.187 e. The average molecular weight is 784 g/mol. The molecule has 22 heteroatoms. The van der Waals surface area contributed by atoms with Gasteiger partial charge in [0.15, 0.2) is 25.2 Å². The Morgan fingerprint density at radius 1 is 0.510 bits per heavy atom. The van der Waals surface area contributed by atoms with Crippen molar-refractivity contribution >= 4 is 8.07 Å². The lowest BCUT2D eigenvalue weighted by Gasteiger charge is -2.48. The van der Waals surface area contributed by atoms with Crippen molar-refractivity contribution in [3.05, 3.63) is 0 Å². The normalized spacial score (nSPS) is 70.0.